The van der Waals surface area contributed by atoms with Crippen molar-refractivity contribution in [3.05, 3.63) is 78.9 Å². The molecule has 5 nitrogen and oxygen atoms in total. The molecule has 0 heterocycles. The summed E-state index contributed by atoms with van der Waals surface area (Å²) < 4.78 is 16.0. The molecule has 2 aromatic carbocycles. The molecule has 2 rings (SSSR count). The van der Waals surface area contributed by atoms with E-state index in [0.717, 1.165) is 0 Å². The Morgan fingerprint density at radius 1 is 1.00 bits per heavy atom. The lowest BCUT2D eigenvalue weighted by atomic mass is 10.1. The number of benzene rings is 2. The van der Waals surface area contributed by atoms with Gasteiger partial charge in [0.2, 0.25) is 0 Å². The van der Waals surface area contributed by atoms with Crippen LogP contribution in [0.5, 0.6) is 17.2 Å². The van der Waals surface area contributed by atoms with E-state index in [9.17, 15) is 10.1 Å². The molecule has 0 aromatic heterocycles. The second kappa shape index (κ2) is 8.94. The number of nitriles is 1. The molecule has 0 aliphatic heterocycles. The summed E-state index contributed by atoms with van der Waals surface area (Å²) in [5.74, 6) is 0.853. The Balaban J connectivity index is 2.08. The highest BCUT2D eigenvalue weighted by molar-refractivity contribution is 5.91. The van der Waals surface area contributed by atoms with Gasteiger partial charge in [0.25, 0.3) is 0 Å². The number of hydrogen-bond acceptors (Lipinski definition) is 5. The molecule has 0 atom stereocenters. The van der Waals surface area contributed by atoms with Crippen LogP contribution in [0.1, 0.15) is 15.9 Å². The predicted molar refractivity (Wildman–Crippen MR) is 93.9 cm³/mol. The summed E-state index contributed by atoms with van der Waals surface area (Å²) in [5, 5.41) is 9.19. The highest BCUT2D eigenvalue weighted by Gasteiger charge is 2.12. The van der Waals surface area contributed by atoms with Crippen LogP contribution in [-0.2, 0) is 0 Å². The number of carbonyl (C=O) groups is 1. The minimum absolute atomic E-state index is 0.254. The fraction of sp³-hybridized carbons (Fsp3) is 0.100. The van der Waals surface area contributed by atoms with Crippen LogP contribution < -0.4 is 14.2 Å². The van der Waals surface area contributed by atoms with Gasteiger partial charge in [-0.1, -0.05) is 25.3 Å². The highest BCUT2D eigenvalue weighted by Crippen LogP contribution is 2.22. The van der Waals surface area contributed by atoms with E-state index in [0.29, 0.717) is 23.9 Å². The lowest BCUT2D eigenvalue weighted by molar-refractivity contribution is 0.0734. The average molecular weight is 335 g/mol. The first kappa shape index (κ1) is 17.8. The van der Waals surface area contributed by atoms with Crippen LogP contribution in [0.4, 0.5) is 0 Å². The molecular weight excluding hydrogens is 318 g/mol. The molecular formula is C20H17NO4. The molecule has 0 N–H and O–H groups in total. The van der Waals surface area contributed by atoms with Gasteiger partial charge in [0, 0.05) is 0 Å². The molecule has 5 heteroatoms. The van der Waals surface area contributed by atoms with Gasteiger partial charge in [0.1, 0.15) is 36.5 Å². The van der Waals surface area contributed by atoms with Gasteiger partial charge in [-0.15, -0.1) is 0 Å². The van der Waals surface area contributed by atoms with Crippen molar-refractivity contribution in [2.45, 2.75) is 0 Å². The number of esters is 1. The second-order valence-corrected chi connectivity index (χ2v) is 4.88. The average Bonchev–Trinajstić information content (AvgIpc) is 2.65. The molecule has 0 fully saturated rings. The van der Waals surface area contributed by atoms with E-state index in [-0.39, 0.29) is 17.7 Å². The topological polar surface area (TPSA) is 68.6 Å². The summed E-state index contributed by atoms with van der Waals surface area (Å²) in [6.07, 6.45) is 3.22. The van der Waals surface area contributed by atoms with Gasteiger partial charge in [-0.2, -0.15) is 5.26 Å². The van der Waals surface area contributed by atoms with Gasteiger partial charge in [-0.05, 0) is 42.5 Å². The second-order valence-electron chi connectivity index (χ2n) is 4.88. The first-order chi connectivity index (χ1) is 12.2. The third kappa shape index (κ3) is 4.98. The highest BCUT2D eigenvalue weighted by atomic mass is 16.5. The fourth-order valence-electron chi connectivity index (χ4n) is 1.94. The van der Waals surface area contributed by atoms with Crippen LogP contribution in [-0.4, -0.2) is 19.2 Å². The standard InChI is InChI=1S/C20H17NO4/c1-3-11-23-17-6-8-18(9-7-17)25-20(22)15-5-10-19(24-12-4-2)16(13-15)14-21/h3-10,13H,1-2,11-12H2. The Labute approximate surface area is 146 Å². The summed E-state index contributed by atoms with van der Waals surface area (Å²) in [4.78, 5) is 12.2. The Morgan fingerprint density at radius 3 is 2.28 bits per heavy atom. The number of hydrogen-bond donors (Lipinski definition) is 0. The van der Waals surface area contributed by atoms with E-state index >= 15 is 0 Å². The minimum Gasteiger partial charge on any atom is -0.490 e. The Kier molecular flexibility index (Phi) is 6.38. The van der Waals surface area contributed by atoms with Crippen molar-refractivity contribution in [3.8, 4) is 23.3 Å². The maximum absolute atomic E-state index is 12.2. The summed E-state index contributed by atoms with van der Waals surface area (Å²) >= 11 is 0. The van der Waals surface area contributed by atoms with Crippen LogP contribution in [0.15, 0.2) is 67.8 Å². The minimum atomic E-state index is -0.563. The lowest BCUT2D eigenvalue weighted by Gasteiger charge is -2.09. The lowest BCUT2D eigenvalue weighted by Crippen LogP contribution is -2.09. The quantitative estimate of drug-likeness (QED) is 0.416. The van der Waals surface area contributed by atoms with Gasteiger partial charge in [-0.25, -0.2) is 4.79 Å². The molecule has 0 saturated carbocycles. The van der Waals surface area contributed by atoms with Crippen molar-refractivity contribution in [2.75, 3.05) is 13.2 Å². The van der Waals surface area contributed by atoms with E-state index in [4.69, 9.17) is 14.2 Å². The van der Waals surface area contributed by atoms with E-state index < -0.39 is 5.97 Å². The summed E-state index contributed by atoms with van der Waals surface area (Å²) in [6.45, 7) is 7.80. The van der Waals surface area contributed by atoms with Gasteiger partial charge < -0.3 is 14.2 Å². The van der Waals surface area contributed by atoms with E-state index in [1.54, 1.807) is 48.6 Å². The number of ether oxygens (including phenoxy) is 3. The first-order valence-electron chi connectivity index (χ1n) is 7.51. The molecule has 0 aliphatic rings. The van der Waals surface area contributed by atoms with Crippen molar-refractivity contribution in [3.63, 3.8) is 0 Å². The van der Waals surface area contributed by atoms with E-state index in [1.807, 2.05) is 6.07 Å². The Hall–Kier alpha value is -3.52. The van der Waals surface area contributed by atoms with Crippen LogP contribution in [0.25, 0.3) is 0 Å². The molecule has 0 amide bonds. The van der Waals surface area contributed by atoms with Crippen molar-refractivity contribution >= 4 is 5.97 Å². The molecule has 0 aliphatic carbocycles. The molecule has 0 unspecified atom stereocenters. The number of carbonyl (C=O) groups excluding carboxylic acids is 1. The SMILES string of the molecule is C=CCOc1ccc(OC(=O)c2ccc(OCC=C)c(C#N)c2)cc1. The molecule has 25 heavy (non-hydrogen) atoms. The normalized spacial score (nSPS) is 9.56. The zero-order valence-electron chi connectivity index (χ0n) is 13.6. The monoisotopic (exact) mass is 335 g/mol. The van der Waals surface area contributed by atoms with Crippen molar-refractivity contribution in [1.29, 1.82) is 5.26 Å². The fourth-order valence-corrected chi connectivity index (χ4v) is 1.94. The van der Waals surface area contributed by atoms with Crippen LogP contribution in [0.3, 0.4) is 0 Å². The zero-order valence-corrected chi connectivity index (χ0v) is 13.6. The molecule has 0 radical (unpaired) electrons. The molecule has 126 valence electrons. The number of rotatable bonds is 8. The predicted octanol–water partition coefficient (Wildman–Crippen LogP) is 3.91. The third-order valence-electron chi connectivity index (χ3n) is 3.09. The van der Waals surface area contributed by atoms with Gasteiger partial charge in [-0.3, -0.25) is 0 Å². The van der Waals surface area contributed by atoms with Gasteiger partial charge >= 0.3 is 5.97 Å². The number of nitrogens with zero attached hydrogens (tertiary/aromatic N) is 1. The maximum atomic E-state index is 12.2. The maximum Gasteiger partial charge on any atom is 0.343 e. The van der Waals surface area contributed by atoms with Crippen molar-refractivity contribution in [2.24, 2.45) is 0 Å². The molecule has 2 aromatic rings. The Morgan fingerprint density at radius 2 is 1.64 bits per heavy atom. The molecule has 0 saturated heterocycles. The van der Waals surface area contributed by atoms with Gasteiger partial charge in [0.15, 0.2) is 0 Å². The summed E-state index contributed by atoms with van der Waals surface area (Å²) in [6, 6.07) is 13.2. The summed E-state index contributed by atoms with van der Waals surface area (Å²) in [5.41, 5.74) is 0.513. The van der Waals surface area contributed by atoms with Crippen LogP contribution >= 0.6 is 0 Å². The van der Waals surface area contributed by atoms with E-state index in [2.05, 4.69) is 13.2 Å². The molecule has 0 bridgehead atoms. The van der Waals surface area contributed by atoms with Crippen LogP contribution in [0, 0.1) is 11.3 Å². The molecule has 0 spiro atoms. The summed E-state index contributed by atoms with van der Waals surface area (Å²) in [7, 11) is 0. The van der Waals surface area contributed by atoms with Crippen molar-refractivity contribution in [1.82, 2.24) is 0 Å². The first-order valence-corrected chi connectivity index (χ1v) is 7.51. The smallest absolute Gasteiger partial charge is 0.343 e. The van der Waals surface area contributed by atoms with Crippen LogP contribution in [0.2, 0.25) is 0 Å². The largest absolute Gasteiger partial charge is 0.490 e. The van der Waals surface area contributed by atoms with Crippen molar-refractivity contribution < 1.29 is 19.0 Å². The van der Waals surface area contributed by atoms with E-state index in [1.165, 1.54) is 6.07 Å². The Bertz CT molecular complexity index is 803. The van der Waals surface area contributed by atoms with Gasteiger partial charge in [0.05, 0.1) is 11.1 Å². The third-order valence-corrected chi connectivity index (χ3v) is 3.09. The zero-order chi connectivity index (χ0) is 18.1.